The van der Waals surface area contributed by atoms with Gasteiger partial charge in [0.15, 0.2) is 0 Å². The molecule has 42 heavy (non-hydrogen) atoms. The number of alkyl halides is 2. The van der Waals surface area contributed by atoms with E-state index in [1.165, 1.54) is 12.1 Å². The van der Waals surface area contributed by atoms with E-state index < -0.39 is 25.1 Å². The molecule has 5 N–H and O–H groups in total. The Morgan fingerprint density at radius 1 is 1.05 bits per heavy atom. The molecule has 4 rings (SSSR count). The number of amides is 2. The second kappa shape index (κ2) is 15.3. The van der Waals surface area contributed by atoms with Crippen molar-refractivity contribution in [1.29, 1.82) is 0 Å². The lowest BCUT2D eigenvalue weighted by atomic mass is 9.94. The smallest absolute Gasteiger partial charge is 0.407 e. The van der Waals surface area contributed by atoms with Crippen LogP contribution < -0.4 is 21.7 Å². The molecule has 8 nitrogen and oxygen atoms in total. The van der Waals surface area contributed by atoms with Crippen LogP contribution in [0.5, 0.6) is 0 Å². The summed E-state index contributed by atoms with van der Waals surface area (Å²) in [4.78, 5) is 24.4. The number of nitrogens with two attached hydrogens (primary N) is 1. The van der Waals surface area contributed by atoms with Gasteiger partial charge in [-0.1, -0.05) is 54.6 Å². The SMILES string of the molecule is N[C@@H](Cc1ccccc1)C(=O)Nc1ccccc1-c1ccc(F)cc1CC[C@@H]1CN[C@H](COC(=O)NCC(F)F)CO1. The minimum absolute atomic E-state index is 0.0205. The van der Waals surface area contributed by atoms with Crippen LogP contribution in [0.25, 0.3) is 11.1 Å². The first-order valence-electron chi connectivity index (χ1n) is 13.8. The van der Waals surface area contributed by atoms with Crippen LogP contribution in [0.1, 0.15) is 17.5 Å². The van der Waals surface area contributed by atoms with Crippen LogP contribution in [0, 0.1) is 5.82 Å². The monoisotopic (exact) mass is 584 g/mol. The fourth-order valence-electron chi connectivity index (χ4n) is 4.71. The number of ether oxygens (including phenoxy) is 2. The summed E-state index contributed by atoms with van der Waals surface area (Å²) in [5.74, 6) is -0.688. The number of hydrogen-bond acceptors (Lipinski definition) is 6. The van der Waals surface area contributed by atoms with E-state index in [9.17, 15) is 22.8 Å². The second-order valence-electron chi connectivity index (χ2n) is 10.1. The average molecular weight is 585 g/mol. The number of rotatable bonds is 12. The van der Waals surface area contributed by atoms with Gasteiger partial charge < -0.3 is 31.2 Å². The molecule has 1 heterocycles. The summed E-state index contributed by atoms with van der Waals surface area (Å²) in [6, 6.07) is 20.4. The molecular weight excluding hydrogens is 549 g/mol. The summed E-state index contributed by atoms with van der Waals surface area (Å²) in [5, 5.41) is 8.16. The number of carbonyl (C=O) groups is 2. The third kappa shape index (κ3) is 9.30. The molecule has 1 saturated heterocycles. The molecule has 0 spiro atoms. The summed E-state index contributed by atoms with van der Waals surface area (Å²) < 4.78 is 49.6. The van der Waals surface area contributed by atoms with Crippen molar-refractivity contribution in [3.63, 3.8) is 0 Å². The van der Waals surface area contributed by atoms with Gasteiger partial charge in [-0.2, -0.15) is 0 Å². The van der Waals surface area contributed by atoms with Gasteiger partial charge in [0.25, 0.3) is 6.43 Å². The van der Waals surface area contributed by atoms with Crippen LogP contribution in [0.2, 0.25) is 0 Å². The van der Waals surface area contributed by atoms with E-state index in [0.29, 0.717) is 31.5 Å². The van der Waals surface area contributed by atoms with E-state index in [1.54, 1.807) is 12.1 Å². The molecule has 0 aromatic heterocycles. The maximum absolute atomic E-state index is 14.3. The van der Waals surface area contributed by atoms with Crippen LogP contribution in [-0.2, 0) is 27.1 Å². The first kappa shape index (κ1) is 31.0. The van der Waals surface area contributed by atoms with Crippen LogP contribution in [-0.4, -0.2) is 62.9 Å². The van der Waals surface area contributed by atoms with E-state index >= 15 is 0 Å². The Kier molecular flexibility index (Phi) is 11.3. The fourth-order valence-corrected chi connectivity index (χ4v) is 4.71. The third-order valence-electron chi connectivity index (χ3n) is 6.90. The molecule has 1 aliphatic heterocycles. The van der Waals surface area contributed by atoms with Crippen molar-refractivity contribution in [2.75, 3.05) is 31.6 Å². The van der Waals surface area contributed by atoms with Gasteiger partial charge in [-0.25, -0.2) is 18.0 Å². The molecule has 11 heteroatoms. The molecule has 0 radical (unpaired) electrons. The van der Waals surface area contributed by atoms with Crippen LogP contribution in [0.15, 0.2) is 72.8 Å². The van der Waals surface area contributed by atoms with Crippen molar-refractivity contribution in [3.05, 3.63) is 89.7 Å². The Morgan fingerprint density at radius 3 is 2.55 bits per heavy atom. The molecule has 0 aliphatic carbocycles. The van der Waals surface area contributed by atoms with E-state index in [2.05, 4.69) is 10.6 Å². The minimum atomic E-state index is -2.65. The Bertz CT molecular complexity index is 1320. The van der Waals surface area contributed by atoms with Gasteiger partial charge >= 0.3 is 6.09 Å². The number of benzene rings is 3. The van der Waals surface area contributed by atoms with Crippen LogP contribution >= 0.6 is 0 Å². The average Bonchev–Trinajstić information content (AvgIpc) is 2.99. The largest absolute Gasteiger partial charge is 0.448 e. The highest BCUT2D eigenvalue weighted by atomic mass is 19.3. The Labute approximate surface area is 242 Å². The summed E-state index contributed by atoms with van der Waals surface area (Å²) in [7, 11) is 0. The lowest BCUT2D eigenvalue weighted by Crippen LogP contribution is -2.49. The number of para-hydroxylation sites is 1. The van der Waals surface area contributed by atoms with Crippen molar-refractivity contribution in [2.45, 2.75) is 43.9 Å². The summed E-state index contributed by atoms with van der Waals surface area (Å²) in [6.07, 6.45) is -2.24. The normalized spacial score (nSPS) is 17.5. The van der Waals surface area contributed by atoms with Crippen molar-refractivity contribution in [1.82, 2.24) is 10.6 Å². The van der Waals surface area contributed by atoms with Gasteiger partial charge in [0.05, 0.1) is 31.3 Å². The Balaban J connectivity index is 1.34. The molecule has 2 amide bonds. The maximum Gasteiger partial charge on any atom is 0.407 e. The van der Waals surface area contributed by atoms with Gasteiger partial charge in [0.2, 0.25) is 5.91 Å². The van der Waals surface area contributed by atoms with Crippen LogP contribution in [0.4, 0.5) is 23.7 Å². The maximum atomic E-state index is 14.3. The first-order chi connectivity index (χ1) is 20.3. The number of aryl methyl sites for hydroxylation is 1. The number of carbonyl (C=O) groups excluding carboxylic acids is 2. The highest BCUT2D eigenvalue weighted by Gasteiger charge is 2.23. The molecule has 1 aliphatic rings. The Hall–Kier alpha value is -3.93. The summed E-state index contributed by atoms with van der Waals surface area (Å²) in [6.45, 7) is -0.0479. The molecule has 3 aromatic carbocycles. The molecule has 3 aromatic rings. The zero-order chi connectivity index (χ0) is 29.9. The topological polar surface area (TPSA) is 115 Å². The van der Waals surface area contributed by atoms with E-state index in [-0.39, 0.29) is 37.1 Å². The fraction of sp³-hybridized carbons (Fsp3) is 0.355. The molecule has 0 bridgehead atoms. The molecule has 1 fully saturated rings. The van der Waals surface area contributed by atoms with Gasteiger partial charge in [-0.05, 0) is 54.2 Å². The molecular formula is C31H35F3N4O4. The molecule has 0 saturated carbocycles. The number of anilines is 1. The predicted octanol–water partition coefficient (Wildman–Crippen LogP) is 4.28. The van der Waals surface area contributed by atoms with Crippen molar-refractivity contribution >= 4 is 17.7 Å². The molecule has 0 unspecified atom stereocenters. The quantitative estimate of drug-likeness (QED) is 0.253. The number of alkyl carbamates (subject to hydrolysis) is 1. The van der Waals surface area contributed by atoms with Gasteiger partial charge in [0.1, 0.15) is 12.4 Å². The van der Waals surface area contributed by atoms with Gasteiger partial charge in [-0.15, -0.1) is 0 Å². The second-order valence-corrected chi connectivity index (χ2v) is 10.1. The molecule has 3 atom stereocenters. The van der Waals surface area contributed by atoms with Gasteiger partial charge in [0, 0.05) is 17.8 Å². The number of nitrogens with one attached hydrogen (secondary N) is 3. The molecule has 224 valence electrons. The number of halogens is 3. The highest BCUT2D eigenvalue weighted by Crippen LogP contribution is 2.32. The zero-order valence-electron chi connectivity index (χ0n) is 23.0. The van der Waals surface area contributed by atoms with Crippen molar-refractivity contribution < 1.29 is 32.2 Å². The summed E-state index contributed by atoms with van der Waals surface area (Å²) >= 11 is 0. The van der Waals surface area contributed by atoms with Crippen molar-refractivity contribution in [2.24, 2.45) is 5.73 Å². The standard InChI is InChI=1S/C31H35F3N4O4/c32-22-11-13-25(26-8-4-5-9-28(26)38-30(39)27(35)14-20-6-2-1-3-7-20)21(15-22)10-12-24-16-36-23(18-41-24)19-42-31(40)37-17-29(33)34/h1-9,11,13,15,23-24,27,29,36H,10,12,14,16-19,35H2,(H,37,40)(H,38,39)/t23-,24+,27-/m0/s1. The van der Waals surface area contributed by atoms with Crippen molar-refractivity contribution in [3.8, 4) is 11.1 Å². The van der Waals surface area contributed by atoms with E-state index in [0.717, 1.165) is 22.3 Å². The zero-order valence-corrected chi connectivity index (χ0v) is 23.0. The first-order valence-corrected chi connectivity index (χ1v) is 13.8. The minimum Gasteiger partial charge on any atom is -0.448 e. The lowest BCUT2D eigenvalue weighted by Gasteiger charge is -2.30. The van der Waals surface area contributed by atoms with Gasteiger partial charge in [-0.3, -0.25) is 4.79 Å². The summed E-state index contributed by atoms with van der Waals surface area (Å²) in [5.41, 5.74) is 10.0. The number of hydrogen-bond donors (Lipinski definition) is 4. The Morgan fingerprint density at radius 2 is 1.81 bits per heavy atom. The lowest BCUT2D eigenvalue weighted by molar-refractivity contribution is -0.117. The van der Waals surface area contributed by atoms with E-state index in [1.807, 2.05) is 53.8 Å². The number of morpholine rings is 1. The predicted molar refractivity (Wildman–Crippen MR) is 154 cm³/mol. The van der Waals surface area contributed by atoms with E-state index in [4.69, 9.17) is 15.2 Å². The van der Waals surface area contributed by atoms with Crippen LogP contribution in [0.3, 0.4) is 0 Å². The third-order valence-corrected chi connectivity index (χ3v) is 6.90. The highest BCUT2D eigenvalue weighted by molar-refractivity contribution is 5.98.